The van der Waals surface area contributed by atoms with Gasteiger partial charge in [-0.15, -0.1) is 0 Å². The summed E-state index contributed by atoms with van der Waals surface area (Å²) in [6, 6.07) is 11.1. The van der Waals surface area contributed by atoms with Gasteiger partial charge in [0.1, 0.15) is 0 Å². The van der Waals surface area contributed by atoms with E-state index >= 15 is 0 Å². The van der Waals surface area contributed by atoms with Crippen LogP contribution in [0.25, 0.3) is 22.2 Å². The minimum atomic E-state index is -0.281. The quantitative estimate of drug-likeness (QED) is 0.652. The first-order chi connectivity index (χ1) is 14.1. The maximum atomic E-state index is 13.0. The van der Waals surface area contributed by atoms with Gasteiger partial charge in [0.15, 0.2) is 0 Å². The number of rotatable bonds is 4. The highest BCUT2D eigenvalue weighted by Crippen LogP contribution is 2.27. The summed E-state index contributed by atoms with van der Waals surface area (Å²) in [5, 5.41) is 3.54. The molecule has 2 aromatic heterocycles. The lowest BCUT2D eigenvalue weighted by atomic mass is 10.0. The number of carbonyl (C=O) groups is 2. The zero-order valence-corrected chi connectivity index (χ0v) is 17.5. The molecule has 0 aliphatic carbocycles. The van der Waals surface area contributed by atoms with Crippen molar-refractivity contribution >= 4 is 38.6 Å². The number of carbonyl (C=O) groups excluding carboxylic acids is 2. The zero-order valence-electron chi connectivity index (χ0n) is 15.9. The van der Waals surface area contributed by atoms with Gasteiger partial charge in [0.2, 0.25) is 5.91 Å². The molecule has 7 heteroatoms. The van der Waals surface area contributed by atoms with Gasteiger partial charge in [-0.2, -0.15) is 0 Å². The van der Waals surface area contributed by atoms with Crippen LogP contribution in [0.3, 0.4) is 0 Å². The Kier molecular flexibility index (Phi) is 5.85. The monoisotopic (exact) mass is 452 g/mol. The molecule has 1 aliphatic heterocycles. The lowest BCUT2D eigenvalue weighted by Crippen LogP contribution is -2.42. The lowest BCUT2D eigenvalue weighted by Gasteiger charge is -2.26. The highest BCUT2D eigenvalue weighted by Gasteiger charge is 2.19. The number of pyridine rings is 2. The number of halogens is 1. The van der Waals surface area contributed by atoms with Gasteiger partial charge in [0.05, 0.1) is 23.3 Å². The number of fused-ring (bicyclic) bond motifs is 1. The first-order valence-electron chi connectivity index (χ1n) is 9.68. The van der Waals surface area contributed by atoms with Gasteiger partial charge >= 0.3 is 0 Å². The molecule has 1 aromatic carbocycles. The van der Waals surface area contributed by atoms with E-state index in [1.165, 1.54) is 0 Å². The Morgan fingerprint density at radius 2 is 1.79 bits per heavy atom. The number of likely N-dealkylation sites (tertiary alicyclic amines) is 1. The number of amides is 2. The Morgan fingerprint density at radius 3 is 2.55 bits per heavy atom. The maximum Gasteiger partial charge on any atom is 0.252 e. The molecule has 0 bridgehead atoms. The Hall–Kier alpha value is -2.80. The first-order valence-corrected chi connectivity index (χ1v) is 10.5. The molecule has 2 amide bonds. The molecule has 3 heterocycles. The van der Waals surface area contributed by atoms with Crippen LogP contribution in [0, 0.1) is 0 Å². The molecule has 1 saturated heterocycles. The largest absolute Gasteiger partial charge is 0.343 e. The lowest BCUT2D eigenvalue weighted by molar-refractivity contribution is -0.130. The highest BCUT2D eigenvalue weighted by atomic mass is 79.9. The van der Waals surface area contributed by atoms with Crippen molar-refractivity contribution in [1.29, 1.82) is 0 Å². The molecule has 6 nitrogen and oxygen atoms in total. The van der Waals surface area contributed by atoms with E-state index in [0.29, 0.717) is 11.3 Å². The van der Waals surface area contributed by atoms with Crippen LogP contribution in [0.2, 0.25) is 0 Å². The number of benzene rings is 1. The van der Waals surface area contributed by atoms with Crippen molar-refractivity contribution in [2.45, 2.75) is 19.3 Å². The summed E-state index contributed by atoms with van der Waals surface area (Å²) in [5.74, 6) is -0.317. The van der Waals surface area contributed by atoms with Crippen molar-refractivity contribution < 1.29 is 9.59 Å². The Labute approximate surface area is 177 Å². The van der Waals surface area contributed by atoms with Crippen LogP contribution in [0.5, 0.6) is 0 Å². The smallest absolute Gasteiger partial charge is 0.252 e. The zero-order chi connectivity index (χ0) is 20.2. The molecule has 148 valence electrons. The van der Waals surface area contributed by atoms with Crippen LogP contribution in [0.4, 0.5) is 0 Å². The molecule has 0 spiro atoms. The van der Waals surface area contributed by atoms with Gasteiger partial charge in [-0.05, 0) is 55.7 Å². The topological polar surface area (TPSA) is 75.2 Å². The summed E-state index contributed by atoms with van der Waals surface area (Å²) in [4.78, 5) is 36.0. The second-order valence-corrected chi connectivity index (χ2v) is 7.99. The highest BCUT2D eigenvalue weighted by molar-refractivity contribution is 9.10. The summed E-state index contributed by atoms with van der Waals surface area (Å²) < 4.78 is 0.863. The fraction of sp³-hybridized carbons (Fsp3) is 0.273. The van der Waals surface area contributed by atoms with Crippen LogP contribution in [-0.4, -0.2) is 46.3 Å². The molecular weight excluding hydrogens is 432 g/mol. The number of hydrogen-bond donors (Lipinski definition) is 1. The van der Waals surface area contributed by atoms with Gasteiger partial charge in [-0.1, -0.05) is 15.9 Å². The summed E-state index contributed by atoms with van der Waals surface area (Å²) in [6.45, 7) is 1.54. The minimum Gasteiger partial charge on any atom is -0.343 e. The number of nitrogens with one attached hydrogen (secondary N) is 1. The van der Waals surface area contributed by atoms with Gasteiger partial charge in [0.25, 0.3) is 5.91 Å². The molecule has 4 rings (SSSR count). The van der Waals surface area contributed by atoms with Crippen molar-refractivity contribution in [2.75, 3.05) is 19.6 Å². The number of nitrogens with zero attached hydrogens (tertiary/aromatic N) is 3. The Morgan fingerprint density at radius 1 is 1.03 bits per heavy atom. The van der Waals surface area contributed by atoms with Gasteiger partial charge < -0.3 is 10.2 Å². The molecule has 0 atom stereocenters. The normalized spacial score (nSPS) is 14.0. The summed E-state index contributed by atoms with van der Waals surface area (Å²) in [5.41, 5.74) is 2.78. The van der Waals surface area contributed by atoms with E-state index in [4.69, 9.17) is 4.98 Å². The maximum absolute atomic E-state index is 13.0. The van der Waals surface area contributed by atoms with E-state index in [9.17, 15) is 9.59 Å². The van der Waals surface area contributed by atoms with E-state index in [2.05, 4.69) is 26.2 Å². The second kappa shape index (κ2) is 8.69. The first kappa shape index (κ1) is 19.5. The molecule has 0 radical (unpaired) electrons. The van der Waals surface area contributed by atoms with E-state index in [0.717, 1.165) is 53.3 Å². The molecule has 0 unspecified atom stereocenters. The molecule has 0 saturated carbocycles. The van der Waals surface area contributed by atoms with Crippen LogP contribution >= 0.6 is 15.9 Å². The molecule has 29 heavy (non-hydrogen) atoms. The summed E-state index contributed by atoms with van der Waals surface area (Å²) in [6.07, 6.45) is 6.60. The fourth-order valence-corrected chi connectivity index (χ4v) is 3.92. The standard InChI is InChI=1S/C22H21BrN4O2/c23-16-4-5-19-17(12-16)18(13-20(26-19)15-6-8-24-9-7-15)22(29)25-14-21(28)27-10-2-1-3-11-27/h4-9,12-13H,1-3,10-11,14H2,(H,25,29). The Balaban J connectivity index is 1.63. The van der Waals surface area contributed by atoms with Gasteiger partial charge in [0, 0.05) is 40.9 Å². The predicted molar refractivity (Wildman–Crippen MR) is 115 cm³/mol. The van der Waals surface area contributed by atoms with Gasteiger partial charge in [-0.25, -0.2) is 4.98 Å². The fourth-order valence-electron chi connectivity index (χ4n) is 3.56. The number of piperidine rings is 1. The minimum absolute atomic E-state index is 0.00123. The summed E-state index contributed by atoms with van der Waals surface area (Å²) >= 11 is 3.46. The van der Waals surface area contributed by atoms with Crippen LogP contribution in [0.1, 0.15) is 29.6 Å². The van der Waals surface area contributed by atoms with Crippen LogP contribution in [0.15, 0.2) is 53.3 Å². The van der Waals surface area contributed by atoms with Crippen molar-refractivity contribution in [1.82, 2.24) is 20.2 Å². The van der Waals surface area contributed by atoms with Crippen LogP contribution in [-0.2, 0) is 4.79 Å². The van der Waals surface area contributed by atoms with Gasteiger partial charge in [-0.3, -0.25) is 14.6 Å². The predicted octanol–water partition coefficient (Wildman–Crippen LogP) is 3.80. The van der Waals surface area contributed by atoms with E-state index in [1.54, 1.807) is 18.5 Å². The third kappa shape index (κ3) is 4.45. The van der Waals surface area contributed by atoms with Crippen LogP contribution < -0.4 is 5.32 Å². The number of aromatic nitrogens is 2. The van der Waals surface area contributed by atoms with Crippen molar-refractivity contribution in [3.63, 3.8) is 0 Å². The van der Waals surface area contributed by atoms with Crippen molar-refractivity contribution in [3.05, 3.63) is 58.8 Å². The number of hydrogen-bond acceptors (Lipinski definition) is 4. The third-order valence-corrected chi connectivity index (χ3v) is 5.59. The van der Waals surface area contributed by atoms with E-state index in [-0.39, 0.29) is 18.4 Å². The molecule has 3 aromatic rings. The van der Waals surface area contributed by atoms with E-state index < -0.39 is 0 Å². The van der Waals surface area contributed by atoms with Crippen molar-refractivity contribution in [3.8, 4) is 11.3 Å². The average Bonchev–Trinajstić information content (AvgIpc) is 2.77. The average molecular weight is 453 g/mol. The van der Waals surface area contributed by atoms with E-state index in [1.807, 2.05) is 35.2 Å². The second-order valence-electron chi connectivity index (χ2n) is 7.08. The molecule has 1 aliphatic rings. The summed E-state index contributed by atoms with van der Waals surface area (Å²) in [7, 11) is 0. The molecular formula is C22H21BrN4O2. The molecule has 1 N–H and O–H groups in total. The Bertz CT molecular complexity index is 1050. The third-order valence-electron chi connectivity index (χ3n) is 5.10. The van der Waals surface area contributed by atoms with Crippen molar-refractivity contribution in [2.24, 2.45) is 0 Å². The SMILES string of the molecule is O=C(NCC(=O)N1CCCCC1)c1cc(-c2ccncc2)nc2ccc(Br)cc12. The molecule has 1 fully saturated rings.